The fourth-order valence-corrected chi connectivity index (χ4v) is 5.75. The second-order valence-corrected chi connectivity index (χ2v) is 10.2. The van der Waals surface area contributed by atoms with Crippen LogP contribution in [0.5, 0.6) is 0 Å². The van der Waals surface area contributed by atoms with Crippen molar-refractivity contribution in [2.24, 2.45) is 11.8 Å². The maximum absolute atomic E-state index is 15.2. The molecular formula is C30H37F3. The van der Waals surface area contributed by atoms with Gasteiger partial charge in [0.2, 0.25) is 0 Å². The highest BCUT2D eigenvalue weighted by Crippen LogP contribution is 2.37. The van der Waals surface area contributed by atoms with Crippen molar-refractivity contribution in [2.45, 2.75) is 90.4 Å². The van der Waals surface area contributed by atoms with Gasteiger partial charge in [0, 0.05) is 5.56 Å². The number of rotatable bonds is 9. The Hall–Kier alpha value is -2.03. The predicted molar refractivity (Wildman–Crippen MR) is 131 cm³/mol. The molecule has 1 fully saturated rings. The van der Waals surface area contributed by atoms with Crippen molar-refractivity contribution in [3.8, 4) is 11.1 Å². The van der Waals surface area contributed by atoms with E-state index in [1.807, 2.05) is 6.07 Å². The summed E-state index contributed by atoms with van der Waals surface area (Å²) in [4.78, 5) is 0. The lowest BCUT2D eigenvalue weighted by Crippen LogP contribution is -2.15. The monoisotopic (exact) mass is 454 g/mol. The summed E-state index contributed by atoms with van der Waals surface area (Å²) in [6, 6.07) is 7.19. The van der Waals surface area contributed by atoms with Crippen LogP contribution in [0, 0.1) is 29.3 Å². The lowest BCUT2D eigenvalue weighted by molar-refractivity contribution is 0.248. The minimum atomic E-state index is -0.947. The minimum Gasteiger partial charge on any atom is -0.206 e. The van der Waals surface area contributed by atoms with E-state index in [4.69, 9.17) is 0 Å². The molecule has 0 spiro atoms. The summed E-state index contributed by atoms with van der Waals surface area (Å²) in [7, 11) is 0. The van der Waals surface area contributed by atoms with Crippen molar-refractivity contribution in [1.82, 2.24) is 0 Å². The van der Waals surface area contributed by atoms with Crippen molar-refractivity contribution < 1.29 is 13.2 Å². The molecule has 0 amide bonds. The summed E-state index contributed by atoms with van der Waals surface area (Å²) in [6.07, 6.45) is 18.5. The lowest BCUT2D eigenvalue weighted by atomic mass is 9.77. The average molecular weight is 455 g/mol. The van der Waals surface area contributed by atoms with Crippen molar-refractivity contribution >= 4 is 6.08 Å². The highest BCUT2D eigenvalue weighted by molar-refractivity contribution is 5.70. The largest absolute Gasteiger partial charge is 0.206 e. The predicted octanol–water partition coefficient (Wildman–Crippen LogP) is 9.66. The van der Waals surface area contributed by atoms with E-state index in [-0.39, 0.29) is 5.82 Å². The quantitative estimate of drug-likeness (QED) is 0.331. The Kier molecular flexibility index (Phi) is 8.33. The molecule has 0 N–H and O–H groups in total. The van der Waals surface area contributed by atoms with Crippen LogP contribution in [0.15, 0.2) is 35.9 Å². The first-order valence-corrected chi connectivity index (χ1v) is 13.0. The Morgan fingerprint density at radius 1 is 0.788 bits per heavy atom. The van der Waals surface area contributed by atoms with Gasteiger partial charge in [0.25, 0.3) is 0 Å². The van der Waals surface area contributed by atoms with E-state index in [2.05, 4.69) is 13.0 Å². The zero-order valence-corrected chi connectivity index (χ0v) is 19.9. The van der Waals surface area contributed by atoms with Gasteiger partial charge < -0.3 is 0 Å². The van der Waals surface area contributed by atoms with Crippen molar-refractivity contribution in [3.63, 3.8) is 0 Å². The van der Waals surface area contributed by atoms with Crippen LogP contribution in [0.2, 0.25) is 0 Å². The van der Waals surface area contributed by atoms with Crippen LogP contribution >= 0.6 is 0 Å². The van der Waals surface area contributed by atoms with Gasteiger partial charge >= 0.3 is 0 Å². The highest BCUT2D eigenvalue weighted by Gasteiger charge is 2.22. The maximum atomic E-state index is 15.2. The maximum Gasteiger partial charge on any atom is 0.159 e. The molecule has 0 heterocycles. The summed E-state index contributed by atoms with van der Waals surface area (Å²) in [5.41, 5.74) is 3.78. The van der Waals surface area contributed by atoms with Crippen LogP contribution < -0.4 is 0 Å². The van der Waals surface area contributed by atoms with Crippen LogP contribution in [-0.2, 0) is 6.42 Å². The van der Waals surface area contributed by atoms with Gasteiger partial charge in [-0.25, -0.2) is 13.2 Å². The third kappa shape index (κ3) is 6.11. The molecule has 2 aliphatic rings. The molecular weight excluding hydrogens is 417 g/mol. The molecule has 0 aromatic heterocycles. The third-order valence-corrected chi connectivity index (χ3v) is 7.87. The molecule has 3 heteroatoms. The Labute approximate surface area is 197 Å². The van der Waals surface area contributed by atoms with E-state index in [0.717, 1.165) is 42.4 Å². The fraction of sp³-hybridized carbons (Fsp3) is 0.533. The van der Waals surface area contributed by atoms with Gasteiger partial charge in [0.15, 0.2) is 11.6 Å². The van der Waals surface area contributed by atoms with Crippen LogP contribution in [0.4, 0.5) is 13.2 Å². The zero-order valence-electron chi connectivity index (χ0n) is 19.9. The molecule has 178 valence electrons. The second-order valence-electron chi connectivity index (χ2n) is 10.2. The fourth-order valence-electron chi connectivity index (χ4n) is 5.75. The smallest absolute Gasteiger partial charge is 0.159 e. The minimum absolute atomic E-state index is 0.300. The van der Waals surface area contributed by atoms with Crippen molar-refractivity contribution in [3.05, 3.63) is 64.5 Å². The van der Waals surface area contributed by atoms with Crippen LogP contribution in [0.25, 0.3) is 17.2 Å². The zero-order chi connectivity index (χ0) is 23.2. The number of hydrogen-bond donors (Lipinski definition) is 0. The first-order chi connectivity index (χ1) is 16.0. The number of unbranched alkanes of at least 4 members (excludes halogenated alkanes) is 3. The standard InChI is InChI=1S/C30H37F3/c1-2-3-4-5-6-21-7-9-22(10-8-21)11-12-23-13-16-26-24(19-23)14-17-27(30(26)33)25-15-18-28(31)29(32)20-25/h14-15,17-22H,2-13,16H2,1H3. The van der Waals surface area contributed by atoms with Gasteiger partial charge in [-0.05, 0) is 66.3 Å². The van der Waals surface area contributed by atoms with Gasteiger partial charge in [0.1, 0.15) is 5.82 Å². The number of hydrogen-bond acceptors (Lipinski definition) is 0. The molecule has 0 saturated heterocycles. The molecule has 2 aliphatic carbocycles. The van der Waals surface area contributed by atoms with E-state index in [1.54, 1.807) is 6.07 Å². The van der Waals surface area contributed by atoms with Crippen molar-refractivity contribution in [2.75, 3.05) is 0 Å². The number of benzene rings is 2. The molecule has 2 aromatic rings. The first kappa shape index (κ1) is 24.1. The summed E-state index contributed by atoms with van der Waals surface area (Å²) in [5.74, 6) is -0.370. The van der Waals surface area contributed by atoms with E-state index in [9.17, 15) is 8.78 Å². The normalized spacial score (nSPS) is 20.4. The summed E-state index contributed by atoms with van der Waals surface area (Å²) >= 11 is 0. The van der Waals surface area contributed by atoms with Crippen molar-refractivity contribution in [1.29, 1.82) is 0 Å². The van der Waals surface area contributed by atoms with Crippen LogP contribution in [0.1, 0.15) is 95.1 Å². The Bertz CT molecular complexity index is 967. The molecule has 0 atom stereocenters. The summed E-state index contributed by atoms with van der Waals surface area (Å²) in [5, 5.41) is 0. The average Bonchev–Trinajstić information content (AvgIpc) is 2.83. The molecule has 0 nitrogen and oxygen atoms in total. The molecule has 1 saturated carbocycles. The van der Waals surface area contributed by atoms with Crippen LogP contribution in [0.3, 0.4) is 0 Å². The van der Waals surface area contributed by atoms with Gasteiger partial charge in [-0.3, -0.25) is 0 Å². The molecule has 0 unspecified atom stereocenters. The van der Waals surface area contributed by atoms with Gasteiger partial charge in [-0.15, -0.1) is 0 Å². The Morgan fingerprint density at radius 3 is 2.27 bits per heavy atom. The summed E-state index contributed by atoms with van der Waals surface area (Å²) in [6.45, 7) is 2.27. The summed E-state index contributed by atoms with van der Waals surface area (Å²) < 4.78 is 42.1. The second kappa shape index (κ2) is 11.4. The third-order valence-electron chi connectivity index (χ3n) is 7.87. The molecule has 2 aromatic carbocycles. The van der Waals surface area contributed by atoms with E-state index < -0.39 is 11.6 Å². The van der Waals surface area contributed by atoms with Gasteiger partial charge in [-0.1, -0.05) is 94.6 Å². The van der Waals surface area contributed by atoms with Gasteiger partial charge in [0.05, 0.1) is 0 Å². The van der Waals surface area contributed by atoms with E-state index in [0.29, 0.717) is 23.1 Å². The highest BCUT2D eigenvalue weighted by atomic mass is 19.2. The molecule has 4 rings (SSSR count). The van der Waals surface area contributed by atoms with Crippen LogP contribution in [-0.4, -0.2) is 0 Å². The lowest BCUT2D eigenvalue weighted by Gasteiger charge is -2.29. The number of allylic oxidation sites excluding steroid dienone is 1. The number of fused-ring (bicyclic) bond motifs is 1. The Morgan fingerprint density at radius 2 is 1.55 bits per heavy atom. The van der Waals surface area contributed by atoms with E-state index >= 15 is 4.39 Å². The number of halogens is 3. The Balaban J connectivity index is 1.32. The van der Waals surface area contributed by atoms with E-state index in [1.165, 1.54) is 75.8 Å². The molecule has 33 heavy (non-hydrogen) atoms. The SMILES string of the molecule is CCCCCCC1CCC(CCC2=Cc3ccc(-c4ccc(F)c(F)c4)c(F)c3CC2)CC1. The molecule has 0 aliphatic heterocycles. The topological polar surface area (TPSA) is 0 Å². The molecule has 0 radical (unpaired) electrons. The molecule has 0 bridgehead atoms. The first-order valence-electron chi connectivity index (χ1n) is 13.0. The van der Waals surface area contributed by atoms with Gasteiger partial charge in [-0.2, -0.15) is 0 Å².